The number of anilines is 2. The van der Waals surface area contributed by atoms with E-state index in [0.717, 1.165) is 11.4 Å². The van der Waals surface area contributed by atoms with Crippen molar-refractivity contribution in [1.29, 1.82) is 0 Å². The Kier molecular flexibility index (Phi) is 5.53. The van der Waals surface area contributed by atoms with E-state index in [0.29, 0.717) is 0 Å². The standard InChI is InChI=1S/C40H27N/c1-2-8-27(9-3-1)39-26-34(41-33-21-20-31-17-15-29-11-5-7-13-36(29)40(31)25-33)22-23-37(39)32-19-18-30-16-14-28-10-4-6-12-35(28)38(30)24-32/h1-26,41H. The fraction of sp³-hybridized carbons (Fsp3) is 0. The van der Waals surface area contributed by atoms with Gasteiger partial charge in [-0.15, -0.1) is 0 Å². The van der Waals surface area contributed by atoms with Crippen LogP contribution in [0, 0.1) is 0 Å². The SMILES string of the molecule is c1ccc(-c2cc(Nc3ccc4ccc5ccccc5c4c3)ccc2-c2ccc3ccc4ccccc4c3c2)cc1. The molecule has 1 heteroatoms. The van der Waals surface area contributed by atoms with Crippen molar-refractivity contribution in [3.05, 3.63) is 158 Å². The zero-order valence-corrected chi connectivity index (χ0v) is 22.5. The Labute approximate surface area is 239 Å². The molecule has 0 saturated carbocycles. The van der Waals surface area contributed by atoms with Gasteiger partial charge in [-0.25, -0.2) is 0 Å². The molecule has 192 valence electrons. The average Bonchev–Trinajstić information content (AvgIpc) is 3.05. The third kappa shape index (κ3) is 4.20. The Balaban J connectivity index is 1.25. The first-order chi connectivity index (χ1) is 20.3. The molecule has 0 aliphatic rings. The van der Waals surface area contributed by atoms with Crippen LogP contribution in [0.5, 0.6) is 0 Å². The van der Waals surface area contributed by atoms with Gasteiger partial charge in [-0.2, -0.15) is 0 Å². The molecule has 0 aliphatic heterocycles. The van der Waals surface area contributed by atoms with E-state index < -0.39 is 0 Å². The number of hydrogen-bond acceptors (Lipinski definition) is 1. The maximum absolute atomic E-state index is 3.70. The van der Waals surface area contributed by atoms with Crippen molar-refractivity contribution in [2.75, 3.05) is 5.32 Å². The lowest BCUT2D eigenvalue weighted by molar-refractivity contribution is 1.54. The van der Waals surface area contributed by atoms with E-state index in [1.165, 1.54) is 65.3 Å². The van der Waals surface area contributed by atoms with Crippen LogP contribution in [0.4, 0.5) is 11.4 Å². The molecule has 0 spiro atoms. The van der Waals surface area contributed by atoms with E-state index in [1.807, 2.05) is 0 Å². The molecular weight excluding hydrogens is 494 g/mol. The van der Waals surface area contributed by atoms with Gasteiger partial charge >= 0.3 is 0 Å². The van der Waals surface area contributed by atoms with Gasteiger partial charge in [0.2, 0.25) is 0 Å². The van der Waals surface area contributed by atoms with Crippen LogP contribution >= 0.6 is 0 Å². The zero-order valence-electron chi connectivity index (χ0n) is 22.5. The molecule has 41 heavy (non-hydrogen) atoms. The topological polar surface area (TPSA) is 12.0 Å². The van der Waals surface area contributed by atoms with Crippen LogP contribution in [0.15, 0.2) is 158 Å². The predicted octanol–water partition coefficient (Wildman–Crippen LogP) is 11.4. The Morgan fingerprint density at radius 3 is 1.51 bits per heavy atom. The fourth-order valence-electron chi connectivity index (χ4n) is 6.15. The van der Waals surface area contributed by atoms with Gasteiger partial charge in [0.15, 0.2) is 0 Å². The van der Waals surface area contributed by atoms with E-state index >= 15 is 0 Å². The third-order valence-electron chi connectivity index (χ3n) is 8.20. The van der Waals surface area contributed by atoms with E-state index in [9.17, 15) is 0 Å². The number of hydrogen-bond donors (Lipinski definition) is 1. The van der Waals surface area contributed by atoms with Crippen molar-refractivity contribution < 1.29 is 0 Å². The van der Waals surface area contributed by atoms with Crippen molar-refractivity contribution >= 4 is 54.5 Å². The Hall–Kier alpha value is -5.40. The van der Waals surface area contributed by atoms with Gasteiger partial charge in [-0.05, 0) is 95.7 Å². The quantitative estimate of drug-likeness (QED) is 0.227. The van der Waals surface area contributed by atoms with Crippen molar-refractivity contribution in [2.45, 2.75) is 0 Å². The van der Waals surface area contributed by atoms with Gasteiger partial charge in [-0.3, -0.25) is 0 Å². The largest absolute Gasteiger partial charge is 0.355 e. The minimum Gasteiger partial charge on any atom is -0.355 e. The summed E-state index contributed by atoms with van der Waals surface area (Å²) in [6, 6.07) is 57.0. The van der Waals surface area contributed by atoms with Gasteiger partial charge < -0.3 is 5.32 Å². The summed E-state index contributed by atoms with van der Waals surface area (Å²) in [6.07, 6.45) is 0. The normalized spacial score (nSPS) is 11.4. The first-order valence-corrected chi connectivity index (χ1v) is 14.1. The molecule has 0 fully saturated rings. The highest BCUT2D eigenvalue weighted by atomic mass is 14.9. The highest BCUT2D eigenvalue weighted by Crippen LogP contribution is 2.38. The van der Waals surface area contributed by atoms with Crippen LogP contribution in [0.25, 0.3) is 65.3 Å². The molecule has 0 saturated heterocycles. The lowest BCUT2D eigenvalue weighted by Crippen LogP contribution is -1.93. The van der Waals surface area contributed by atoms with Crippen LogP contribution in [0.3, 0.4) is 0 Å². The number of fused-ring (bicyclic) bond motifs is 6. The molecule has 1 N–H and O–H groups in total. The van der Waals surface area contributed by atoms with E-state index in [2.05, 4.69) is 163 Å². The molecule has 0 unspecified atom stereocenters. The molecule has 1 nitrogen and oxygen atoms in total. The summed E-state index contributed by atoms with van der Waals surface area (Å²) < 4.78 is 0. The highest BCUT2D eigenvalue weighted by Gasteiger charge is 2.11. The van der Waals surface area contributed by atoms with E-state index in [-0.39, 0.29) is 0 Å². The van der Waals surface area contributed by atoms with Gasteiger partial charge in [0.05, 0.1) is 0 Å². The first kappa shape index (κ1) is 23.5. The summed E-state index contributed by atoms with van der Waals surface area (Å²) in [4.78, 5) is 0. The lowest BCUT2D eigenvalue weighted by atomic mass is 9.91. The molecule has 0 radical (unpaired) electrons. The van der Waals surface area contributed by atoms with Crippen LogP contribution < -0.4 is 5.32 Å². The molecule has 0 atom stereocenters. The van der Waals surface area contributed by atoms with Gasteiger partial charge in [-0.1, -0.05) is 127 Å². The van der Waals surface area contributed by atoms with Crippen LogP contribution in [0.1, 0.15) is 0 Å². The Morgan fingerprint density at radius 1 is 0.293 bits per heavy atom. The molecule has 0 amide bonds. The Bertz CT molecular complexity index is 2230. The lowest BCUT2D eigenvalue weighted by Gasteiger charge is -2.16. The number of nitrogens with one attached hydrogen (secondary N) is 1. The Morgan fingerprint density at radius 2 is 0.805 bits per heavy atom. The van der Waals surface area contributed by atoms with E-state index in [4.69, 9.17) is 0 Å². The monoisotopic (exact) mass is 521 g/mol. The molecule has 8 rings (SSSR count). The van der Waals surface area contributed by atoms with Crippen molar-refractivity contribution in [3.8, 4) is 22.3 Å². The molecular formula is C40H27N. The summed E-state index contributed by atoms with van der Waals surface area (Å²) >= 11 is 0. The second-order valence-electron chi connectivity index (χ2n) is 10.7. The van der Waals surface area contributed by atoms with E-state index in [1.54, 1.807) is 0 Å². The predicted molar refractivity (Wildman–Crippen MR) is 177 cm³/mol. The maximum atomic E-state index is 3.70. The highest BCUT2D eigenvalue weighted by molar-refractivity contribution is 6.10. The van der Waals surface area contributed by atoms with Crippen molar-refractivity contribution in [3.63, 3.8) is 0 Å². The smallest absolute Gasteiger partial charge is 0.0390 e. The van der Waals surface area contributed by atoms with Crippen LogP contribution in [0.2, 0.25) is 0 Å². The zero-order chi connectivity index (χ0) is 27.2. The molecule has 0 bridgehead atoms. The second kappa shape index (κ2) is 9.66. The maximum Gasteiger partial charge on any atom is 0.0390 e. The van der Waals surface area contributed by atoms with Crippen LogP contribution in [-0.2, 0) is 0 Å². The molecule has 0 heterocycles. The van der Waals surface area contributed by atoms with Crippen LogP contribution in [-0.4, -0.2) is 0 Å². The van der Waals surface area contributed by atoms with Gasteiger partial charge in [0, 0.05) is 11.4 Å². The average molecular weight is 522 g/mol. The molecule has 8 aromatic rings. The second-order valence-corrected chi connectivity index (χ2v) is 10.7. The first-order valence-electron chi connectivity index (χ1n) is 14.1. The van der Waals surface area contributed by atoms with Crippen molar-refractivity contribution in [1.82, 2.24) is 0 Å². The minimum absolute atomic E-state index is 1.07. The summed E-state index contributed by atoms with van der Waals surface area (Å²) in [5, 5.41) is 13.8. The molecule has 8 aromatic carbocycles. The summed E-state index contributed by atoms with van der Waals surface area (Å²) in [5.74, 6) is 0. The summed E-state index contributed by atoms with van der Waals surface area (Å²) in [7, 11) is 0. The number of benzene rings is 8. The molecule has 0 aliphatic carbocycles. The minimum atomic E-state index is 1.07. The van der Waals surface area contributed by atoms with Gasteiger partial charge in [0.1, 0.15) is 0 Å². The van der Waals surface area contributed by atoms with Crippen molar-refractivity contribution in [2.24, 2.45) is 0 Å². The summed E-state index contributed by atoms with van der Waals surface area (Å²) in [5.41, 5.74) is 7.00. The third-order valence-corrected chi connectivity index (χ3v) is 8.20. The fourth-order valence-corrected chi connectivity index (χ4v) is 6.15. The molecule has 0 aromatic heterocycles. The number of rotatable bonds is 4. The summed E-state index contributed by atoms with van der Waals surface area (Å²) in [6.45, 7) is 0. The van der Waals surface area contributed by atoms with Gasteiger partial charge in [0.25, 0.3) is 0 Å².